The molecule has 2 N–H and O–H groups in total. The van der Waals surface area contributed by atoms with Crippen LogP contribution in [0, 0.1) is 0 Å². The fraction of sp³-hybridized carbons (Fsp3) is 0.500. The number of morpholine rings is 1. The molecule has 0 unspecified atom stereocenters. The molecule has 2 atom stereocenters. The monoisotopic (exact) mass is 310 g/mol. The average molecular weight is 310 g/mol. The van der Waals surface area contributed by atoms with Crippen molar-refractivity contribution in [3.63, 3.8) is 0 Å². The number of hydrogen-bond acceptors (Lipinski definition) is 7. The Morgan fingerprint density at radius 2 is 2.00 bits per heavy atom. The van der Waals surface area contributed by atoms with E-state index in [0.29, 0.717) is 18.1 Å². The predicted octanol–water partition coefficient (Wildman–Crippen LogP) is 1.37. The Morgan fingerprint density at radius 3 is 2.65 bits per heavy atom. The van der Waals surface area contributed by atoms with Crippen LogP contribution in [0.3, 0.4) is 0 Å². The van der Waals surface area contributed by atoms with Crippen LogP contribution in [0.2, 0.25) is 0 Å². The summed E-state index contributed by atoms with van der Waals surface area (Å²) in [6.07, 6.45) is 7.26. The summed E-state index contributed by atoms with van der Waals surface area (Å²) in [5.41, 5.74) is 7.34. The Bertz CT molecular complexity index is 745. The maximum Gasteiger partial charge on any atom is 0.219 e. The lowest BCUT2D eigenvalue weighted by Crippen LogP contribution is -2.37. The summed E-state index contributed by atoms with van der Waals surface area (Å²) in [7, 11) is 0. The first-order chi connectivity index (χ1) is 11.3. The number of nitrogens with zero attached hydrogens (tertiary/aromatic N) is 5. The summed E-state index contributed by atoms with van der Waals surface area (Å²) < 4.78 is 5.70. The van der Waals surface area contributed by atoms with Crippen LogP contribution in [0.4, 0.5) is 11.8 Å². The van der Waals surface area contributed by atoms with Crippen LogP contribution in [0.15, 0.2) is 18.5 Å². The zero-order valence-electron chi connectivity index (χ0n) is 12.7. The lowest BCUT2D eigenvalue weighted by atomic mass is 10.2. The van der Waals surface area contributed by atoms with Crippen molar-refractivity contribution in [2.45, 2.75) is 37.3 Å². The minimum Gasteiger partial charge on any atom is -0.374 e. The molecule has 1 saturated carbocycles. The van der Waals surface area contributed by atoms with Crippen molar-refractivity contribution in [1.29, 1.82) is 0 Å². The Labute approximate surface area is 133 Å². The average Bonchev–Trinajstić information content (AvgIpc) is 3.22. The Kier molecular flexibility index (Phi) is 2.78. The molecule has 0 spiro atoms. The first-order valence-corrected chi connectivity index (χ1v) is 8.11. The minimum atomic E-state index is 0.277. The second-order valence-electron chi connectivity index (χ2n) is 6.57. The van der Waals surface area contributed by atoms with Gasteiger partial charge in [-0.15, -0.1) is 0 Å². The SMILES string of the molecule is Nc1ncc(-c2cc(N3C[C@@H]4C[C@H]3CO4)nc(C3CC3)n2)cn1. The summed E-state index contributed by atoms with van der Waals surface area (Å²) in [6.45, 7) is 1.72. The number of hydrogen-bond donors (Lipinski definition) is 1. The predicted molar refractivity (Wildman–Crippen MR) is 84.9 cm³/mol. The zero-order valence-corrected chi connectivity index (χ0v) is 12.7. The fourth-order valence-electron chi connectivity index (χ4n) is 3.42. The van der Waals surface area contributed by atoms with E-state index in [2.05, 4.69) is 14.9 Å². The highest BCUT2D eigenvalue weighted by atomic mass is 16.5. The molecule has 4 heterocycles. The molecule has 5 rings (SSSR count). The molecular formula is C16H18N6O. The van der Waals surface area contributed by atoms with Crippen molar-refractivity contribution < 1.29 is 4.74 Å². The van der Waals surface area contributed by atoms with Gasteiger partial charge in [0, 0.05) is 36.5 Å². The van der Waals surface area contributed by atoms with E-state index < -0.39 is 0 Å². The molecule has 3 fully saturated rings. The van der Waals surface area contributed by atoms with Gasteiger partial charge in [0.25, 0.3) is 0 Å². The van der Waals surface area contributed by atoms with E-state index in [1.165, 1.54) is 12.8 Å². The van der Waals surface area contributed by atoms with Crippen LogP contribution in [-0.4, -0.2) is 45.2 Å². The van der Waals surface area contributed by atoms with E-state index in [9.17, 15) is 0 Å². The van der Waals surface area contributed by atoms with Crippen LogP contribution in [0.5, 0.6) is 0 Å². The molecule has 2 aromatic heterocycles. The van der Waals surface area contributed by atoms with Gasteiger partial charge in [-0.2, -0.15) is 0 Å². The third-order valence-corrected chi connectivity index (χ3v) is 4.83. The topological polar surface area (TPSA) is 90.0 Å². The number of rotatable bonds is 3. The van der Waals surface area contributed by atoms with E-state index in [-0.39, 0.29) is 5.95 Å². The van der Waals surface area contributed by atoms with Gasteiger partial charge in [0.2, 0.25) is 5.95 Å². The van der Waals surface area contributed by atoms with Crippen LogP contribution in [0.1, 0.15) is 31.0 Å². The third kappa shape index (κ3) is 2.31. The maximum absolute atomic E-state index is 5.70. The molecule has 2 aliphatic heterocycles. The van der Waals surface area contributed by atoms with Gasteiger partial charge in [0.05, 0.1) is 24.4 Å². The number of ether oxygens (including phenoxy) is 1. The number of fused-ring (bicyclic) bond motifs is 2. The van der Waals surface area contributed by atoms with Crippen LogP contribution in [-0.2, 0) is 4.74 Å². The molecular weight excluding hydrogens is 292 g/mol. The van der Waals surface area contributed by atoms with E-state index in [1.807, 2.05) is 6.07 Å². The largest absolute Gasteiger partial charge is 0.374 e. The van der Waals surface area contributed by atoms with E-state index in [4.69, 9.17) is 20.4 Å². The van der Waals surface area contributed by atoms with Gasteiger partial charge in [0.15, 0.2) is 0 Å². The van der Waals surface area contributed by atoms with Crippen molar-refractivity contribution in [2.24, 2.45) is 0 Å². The number of aromatic nitrogens is 4. The Balaban J connectivity index is 1.56. The van der Waals surface area contributed by atoms with E-state index >= 15 is 0 Å². The molecule has 7 heteroatoms. The Hall–Kier alpha value is -2.28. The van der Waals surface area contributed by atoms with Gasteiger partial charge >= 0.3 is 0 Å². The van der Waals surface area contributed by atoms with Crippen molar-refractivity contribution in [3.8, 4) is 11.3 Å². The lowest BCUT2D eigenvalue weighted by molar-refractivity contribution is 0.0989. The number of anilines is 2. The molecule has 7 nitrogen and oxygen atoms in total. The summed E-state index contributed by atoms with van der Waals surface area (Å²) >= 11 is 0. The van der Waals surface area contributed by atoms with Crippen molar-refractivity contribution in [3.05, 3.63) is 24.3 Å². The smallest absolute Gasteiger partial charge is 0.219 e. The van der Waals surface area contributed by atoms with E-state index in [1.54, 1.807) is 12.4 Å². The second-order valence-corrected chi connectivity index (χ2v) is 6.57. The molecule has 23 heavy (non-hydrogen) atoms. The molecule has 118 valence electrons. The standard InChI is InChI=1S/C16H18N6O/c17-16-18-5-10(6-19-16)13-4-14(21-15(20-13)9-1-2-9)22-7-12-3-11(22)8-23-12/h4-6,9,11-12H,1-3,7-8H2,(H2,17,18,19)/t11-,12-/m0/s1. The van der Waals surface area contributed by atoms with Crippen LogP contribution in [0.25, 0.3) is 11.3 Å². The molecule has 3 aliphatic rings. The first kappa shape index (κ1) is 13.2. The normalized spacial score (nSPS) is 26.0. The Morgan fingerprint density at radius 1 is 1.17 bits per heavy atom. The highest BCUT2D eigenvalue weighted by Crippen LogP contribution is 2.40. The molecule has 1 aliphatic carbocycles. The first-order valence-electron chi connectivity index (χ1n) is 8.11. The maximum atomic E-state index is 5.70. The van der Waals surface area contributed by atoms with Crippen molar-refractivity contribution in [2.75, 3.05) is 23.8 Å². The molecule has 0 amide bonds. The highest BCUT2D eigenvalue weighted by molar-refractivity contribution is 5.62. The van der Waals surface area contributed by atoms with Gasteiger partial charge in [-0.25, -0.2) is 19.9 Å². The summed E-state index contributed by atoms with van der Waals surface area (Å²) in [6, 6.07) is 2.49. The van der Waals surface area contributed by atoms with E-state index in [0.717, 1.165) is 42.5 Å². The molecule has 2 saturated heterocycles. The van der Waals surface area contributed by atoms with Crippen LogP contribution >= 0.6 is 0 Å². The van der Waals surface area contributed by atoms with Gasteiger partial charge < -0.3 is 15.4 Å². The fourth-order valence-corrected chi connectivity index (χ4v) is 3.42. The summed E-state index contributed by atoms with van der Waals surface area (Å²) in [5.74, 6) is 2.72. The minimum absolute atomic E-state index is 0.277. The van der Waals surface area contributed by atoms with Crippen molar-refractivity contribution >= 4 is 11.8 Å². The molecule has 0 radical (unpaired) electrons. The van der Waals surface area contributed by atoms with Crippen molar-refractivity contribution in [1.82, 2.24) is 19.9 Å². The van der Waals surface area contributed by atoms with Gasteiger partial charge in [-0.3, -0.25) is 0 Å². The highest BCUT2D eigenvalue weighted by Gasteiger charge is 2.40. The number of nitrogen functional groups attached to an aromatic ring is 1. The van der Waals surface area contributed by atoms with Crippen LogP contribution < -0.4 is 10.6 Å². The van der Waals surface area contributed by atoms with Gasteiger partial charge in [-0.05, 0) is 19.3 Å². The summed E-state index contributed by atoms with van der Waals surface area (Å²) in [4.78, 5) is 20.1. The van der Waals surface area contributed by atoms with Gasteiger partial charge in [0.1, 0.15) is 11.6 Å². The summed E-state index contributed by atoms with van der Waals surface area (Å²) in [5, 5.41) is 0. The second kappa shape index (κ2) is 4.86. The molecule has 2 bridgehead atoms. The van der Waals surface area contributed by atoms with Gasteiger partial charge in [-0.1, -0.05) is 0 Å². The third-order valence-electron chi connectivity index (χ3n) is 4.83. The molecule has 0 aromatic carbocycles. The zero-order chi connectivity index (χ0) is 15.4. The lowest BCUT2D eigenvalue weighted by Gasteiger charge is -2.28. The molecule has 2 aromatic rings. The number of nitrogens with two attached hydrogens (primary N) is 1. The quantitative estimate of drug-likeness (QED) is 0.915.